The first-order valence-electron chi connectivity index (χ1n) is 7.68. The van der Waals surface area contributed by atoms with E-state index >= 15 is 0 Å². The third kappa shape index (κ3) is 5.93. The van der Waals surface area contributed by atoms with E-state index in [0.29, 0.717) is 19.2 Å². The van der Waals surface area contributed by atoms with Gasteiger partial charge in [0.2, 0.25) is 0 Å². The molecule has 0 fully saturated rings. The molecular formula is C17H29NO2. The Bertz CT molecular complexity index is 393. The molecule has 114 valence electrons. The molecule has 1 rings (SSSR count). The van der Waals surface area contributed by atoms with Crippen molar-refractivity contribution in [2.24, 2.45) is 0 Å². The highest BCUT2D eigenvalue weighted by Crippen LogP contribution is 2.18. The van der Waals surface area contributed by atoms with Crippen molar-refractivity contribution in [3.8, 4) is 5.75 Å². The predicted molar refractivity (Wildman–Crippen MR) is 84.4 cm³/mol. The van der Waals surface area contributed by atoms with Gasteiger partial charge in [-0.1, -0.05) is 38.0 Å². The zero-order chi connectivity index (χ0) is 15.0. The molecule has 0 aliphatic carbocycles. The highest BCUT2D eigenvalue weighted by atomic mass is 16.5. The number of rotatable bonds is 9. The molecule has 2 atom stereocenters. The number of aliphatic hydroxyl groups is 1. The van der Waals surface area contributed by atoms with Crippen molar-refractivity contribution >= 4 is 0 Å². The largest absolute Gasteiger partial charge is 0.491 e. The van der Waals surface area contributed by atoms with E-state index in [0.717, 1.165) is 24.2 Å². The second kappa shape index (κ2) is 8.98. The molecule has 0 aromatic heterocycles. The minimum Gasteiger partial charge on any atom is -0.491 e. The van der Waals surface area contributed by atoms with Crippen LogP contribution in [0.1, 0.15) is 44.2 Å². The number of nitrogens with one attached hydrogen (secondary N) is 1. The highest BCUT2D eigenvalue weighted by Gasteiger charge is 2.10. The van der Waals surface area contributed by atoms with Crippen molar-refractivity contribution in [1.82, 2.24) is 5.32 Å². The van der Waals surface area contributed by atoms with Gasteiger partial charge in [0.25, 0.3) is 0 Å². The van der Waals surface area contributed by atoms with Crippen LogP contribution in [0.2, 0.25) is 0 Å². The smallest absolute Gasteiger partial charge is 0.122 e. The molecule has 0 heterocycles. The molecule has 0 saturated carbocycles. The summed E-state index contributed by atoms with van der Waals surface area (Å²) in [5.41, 5.74) is 2.34. The zero-order valence-electron chi connectivity index (χ0n) is 13.3. The van der Waals surface area contributed by atoms with Crippen LogP contribution >= 0.6 is 0 Å². The van der Waals surface area contributed by atoms with E-state index in [4.69, 9.17) is 4.74 Å². The summed E-state index contributed by atoms with van der Waals surface area (Å²) in [7, 11) is 0. The number of hydrogen-bond acceptors (Lipinski definition) is 3. The molecule has 3 nitrogen and oxygen atoms in total. The molecule has 0 amide bonds. The Morgan fingerprint density at radius 1 is 1.25 bits per heavy atom. The number of ether oxygens (including phenoxy) is 1. The van der Waals surface area contributed by atoms with Crippen LogP contribution in [0.5, 0.6) is 5.75 Å². The molecule has 0 radical (unpaired) electrons. The van der Waals surface area contributed by atoms with Crippen LogP contribution < -0.4 is 10.1 Å². The van der Waals surface area contributed by atoms with Crippen LogP contribution in [0.25, 0.3) is 0 Å². The molecule has 2 N–H and O–H groups in total. The number of aliphatic hydroxyl groups excluding tert-OH is 1. The van der Waals surface area contributed by atoms with Crippen LogP contribution in [-0.2, 0) is 0 Å². The number of aryl methyl sites for hydroxylation is 2. The lowest BCUT2D eigenvalue weighted by atomic mass is 10.1. The van der Waals surface area contributed by atoms with Crippen LogP contribution in [0.4, 0.5) is 0 Å². The van der Waals surface area contributed by atoms with Gasteiger partial charge in [-0.2, -0.15) is 0 Å². The number of benzene rings is 1. The average Bonchev–Trinajstić information content (AvgIpc) is 2.42. The second-order valence-corrected chi connectivity index (χ2v) is 5.54. The van der Waals surface area contributed by atoms with E-state index < -0.39 is 6.10 Å². The van der Waals surface area contributed by atoms with Gasteiger partial charge in [0.05, 0.1) is 0 Å². The lowest BCUT2D eigenvalue weighted by Crippen LogP contribution is -2.37. The number of hydrogen-bond donors (Lipinski definition) is 2. The van der Waals surface area contributed by atoms with Gasteiger partial charge in [0.1, 0.15) is 18.5 Å². The summed E-state index contributed by atoms with van der Waals surface area (Å²) >= 11 is 0. The Balaban J connectivity index is 2.33. The van der Waals surface area contributed by atoms with Crippen molar-refractivity contribution < 1.29 is 9.84 Å². The summed E-state index contributed by atoms with van der Waals surface area (Å²) in [6, 6.07) is 6.59. The van der Waals surface area contributed by atoms with Crippen molar-refractivity contribution in [3.63, 3.8) is 0 Å². The van der Waals surface area contributed by atoms with Crippen LogP contribution in [0, 0.1) is 13.8 Å². The van der Waals surface area contributed by atoms with E-state index in [9.17, 15) is 5.11 Å². The maximum absolute atomic E-state index is 9.98. The summed E-state index contributed by atoms with van der Waals surface area (Å²) in [5, 5.41) is 13.4. The second-order valence-electron chi connectivity index (χ2n) is 5.54. The van der Waals surface area contributed by atoms with Gasteiger partial charge in [-0.05, 0) is 38.3 Å². The Morgan fingerprint density at radius 3 is 2.60 bits per heavy atom. The minimum absolute atomic E-state index is 0.333. The molecule has 1 aromatic carbocycles. The summed E-state index contributed by atoms with van der Waals surface area (Å²) in [5.74, 6) is 0.857. The fourth-order valence-electron chi connectivity index (χ4n) is 2.31. The molecule has 0 saturated heterocycles. The molecule has 2 unspecified atom stereocenters. The summed E-state index contributed by atoms with van der Waals surface area (Å²) in [6.45, 7) is 9.37. The Morgan fingerprint density at radius 2 is 2.00 bits per heavy atom. The first-order valence-corrected chi connectivity index (χ1v) is 7.68. The first kappa shape index (κ1) is 17.0. The maximum Gasteiger partial charge on any atom is 0.122 e. The SMILES string of the molecule is CCCC(CC)NCC(O)COc1ccc(C)cc1C. The van der Waals surface area contributed by atoms with E-state index in [1.165, 1.54) is 12.0 Å². The standard InChI is InChI=1S/C17H29NO2/c1-5-7-15(6-2)18-11-16(19)12-20-17-9-8-13(3)10-14(17)4/h8-10,15-16,18-19H,5-7,11-12H2,1-4H3. The third-order valence-corrected chi connectivity index (χ3v) is 3.53. The fraction of sp³-hybridized carbons (Fsp3) is 0.647. The Hall–Kier alpha value is -1.06. The van der Waals surface area contributed by atoms with E-state index in [2.05, 4.69) is 32.2 Å². The third-order valence-electron chi connectivity index (χ3n) is 3.53. The highest BCUT2D eigenvalue weighted by molar-refractivity contribution is 5.35. The normalized spacial score (nSPS) is 14.1. The van der Waals surface area contributed by atoms with Crippen molar-refractivity contribution in [2.45, 2.75) is 59.1 Å². The van der Waals surface area contributed by atoms with E-state index in [1.54, 1.807) is 0 Å². The molecule has 20 heavy (non-hydrogen) atoms. The molecule has 0 bridgehead atoms. The summed E-state index contributed by atoms with van der Waals surface area (Å²) < 4.78 is 5.69. The van der Waals surface area contributed by atoms with Gasteiger partial charge in [-0.15, -0.1) is 0 Å². The van der Waals surface area contributed by atoms with Gasteiger partial charge in [0, 0.05) is 12.6 Å². The lowest BCUT2D eigenvalue weighted by Gasteiger charge is -2.19. The zero-order valence-corrected chi connectivity index (χ0v) is 13.3. The average molecular weight is 279 g/mol. The van der Waals surface area contributed by atoms with Crippen molar-refractivity contribution in [2.75, 3.05) is 13.2 Å². The maximum atomic E-state index is 9.98. The van der Waals surface area contributed by atoms with Gasteiger partial charge in [-0.3, -0.25) is 0 Å². The van der Waals surface area contributed by atoms with Gasteiger partial charge in [-0.25, -0.2) is 0 Å². The monoisotopic (exact) mass is 279 g/mol. The topological polar surface area (TPSA) is 41.5 Å². The van der Waals surface area contributed by atoms with Crippen molar-refractivity contribution in [3.05, 3.63) is 29.3 Å². The molecule has 0 aliphatic heterocycles. The molecule has 0 spiro atoms. The summed E-state index contributed by atoms with van der Waals surface area (Å²) in [4.78, 5) is 0. The first-order chi connectivity index (χ1) is 9.56. The lowest BCUT2D eigenvalue weighted by molar-refractivity contribution is 0.102. The van der Waals surface area contributed by atoms with E-state index in [-0.39, 0.29) is 0 Å². The Labute approximate surface area is 123 Å². The van der Waals surface area contributed by atoms with Crippen LogP contribution in [0.3, 0.4) is 0 Å². The van der Waals surface area contributed by atoms with Gasteiger partial charge < -0.3 is 15.2 Å². The quantitative estimate of drug-likeness (QED) is 0.729. The molecule has 3 heteroatoms. The van der Waals surface area contributed by atoms with Gasteiger partial charge in [0.15, 0.2) is 0 Å². The molecule has 0 aliphatic rings. The minimum atomic E-state index is -0.471. The van der Waals surface area contributed by atoms with Crippen molar-refractivity contribution in [1.29, 1.82) is 0 Å². The fourth-order valence-corrected chi connectivity index (χ4v) is 2.31. The van der Waals surface area contributed by atoms with Gasteiger partial charge >= 0.3 is 0 Å². The molecular weight excluding hydrogens is 250 g/mol. The van der Waals surface area contributed by atoms with Crippen LogP contribution in [-0.4, -0.2) is 30.4 Å². The molecule has 1 aromatic rings. The van der Waals surface area contributed by atoms with E-state index in [1.807, 2.05) is 19.1 Å². The summed E-state index contributed by atoms with van der Waals surface area (Å²) in [6.07, 6.45) is 2.95. The predicted octanol–water partition coefficient (Wildman–Crippen LogP) is 3.21. The Kier molecular flexibility index (Phi) is 7.63. The van der Waals surface area contributed by atoms with Crippen LogP contribution in [0.15, 0.2) is 18.2 Å².